The summed E-state index contributed by atoms with van der Waals surface area (Å²) in [4.78, 5) is 10.1. The third-order valence-electron chi connectivity index (χ3n) is 3.95. The van der Waals surface area contributed by atoms with Crippen LogP contribution in [0.25, 0.3) is 0 Å². The molecule has 0 spiro atoms. The molecule has 1 aromatic heterocycles. The highest BCUT2D eigenvalue weighted by atomic mass is 32.2. The van der Waals surface area contributed by atoms with Gasteiger partial charge >= 0.3 is 0 Å². The van der Waals surface area contributed by atoms with Gasteiger partial charge in [0.2, 0.25) is 10.0 Å². The Hall–Kier alpha value is -2.37. The lowest BCUT2D eigenvalue weighted by molar-refractivity contribution is -0.384. The molecule has 1 unspecified atom stereocenters. The molecule has 0 saturated carbocycles. The maximum atomic E-state index is 12.6. The lowest BCUT2D eigenvalue weighted by Gasteiger charge is -2.16. The highest BCUT2D eigenvalue weighted by Gasteiger charge is 2.34. The highest BCUT2D eigenvalue weighted by molar-refractivity contribution is 7.89. The van der Waals surface area contributed by atoms with Gasteiger partial charge in [0, 0.05) is 31.8 Å². The number of rotatable bonds is 5. The van der Waals surface area contributed by atoms with Gasteiger partial charge in [0.1, 0.15) is 0 Å². The number of benzene rings is 1. The van der Waals surface area contributed by atoms with E-state index in [4.69, 9.17) is 5.73 Å². The van der Waals surface area contributed by atoms with Gasteiger partial charge in [0.15, 0.2) is 0 Å². The average molecular weight is 352 g/mol. The van der Waals surface area contributed by atoms with Crippen LogP contribution in [0.15, 0.2) is 35.4 Å². The van der Waals surface area contributed by atoms with Gasteiger partial charge in [-0.1, -0.05) is 5.21 Å². The minimum Gasteiger partial charge on any atom is -0.325 e. The molecular formula is C13H16N6O4S. The first kappa shape index (κ1) is 16.5. The number of nitro benzene ring substituents is 1. The van der Waals surface area contributed by atoms with Crippen molar-refractivity contribution in [3.8, 4) is 0 Å². The Balaban J connectivity index is 1.77. The molecule has 0 aliphatic carbocycles. The largest absolute Gasteiger partial charge is 0.325 e. The molecule has 0 amide bonds. The van der Waals surface area contributed by atoms with Gasteiger partial charge in [0.25, 0.3) is 5.69 Å². The first-order valence-electron chi connectivity index (χ1n) is 7.27. The zero-order valence-electron chi connectivity index (χ0n) is 12.6. The van der Waals surface area contributed by atoms with E-state index in [0.29, 0.717) is 18.7 Å². The topological polar surface area (TPSA) is 137 Å². The van der Waals surface area contributed by atoms with Gasteiger partial charge in [-0.3, -0.25) is 10.1 Å². The van der Waals surface area contributed by atoms with E-state index in [1.807, 2.05) is 0 Å². The fourth-order valence-electron chi connectivity index (χ4n) is 2.62. The number of hydrogen-bond donors (Lipinski definition) is 1. The zero-order chi connectivity index (χ0) is 17.3. The quantitative estimate of drug-likeness (QED) is 0.602. The van der Waals surface area contributed by atoms with E-state index in [2.05, 4.69) is 10.3 Å². The van der Waals surface area contributed by atoms with Crippen LogP contribution in [0.4, 0.5) is 5.69 Å². The lowest BCUT2D eigenvalue weighted by Crippen LogP contribution is -2.29. The Labute approximate surface area is 138 Å². The van der Waals surface area contributed by atoms with Crippen molar-refractivity contribution in [2.24, 2.45) is 5.73 Å². The molecule has 1 aliphatic heterocycles. The van der Waals surface area contributed by atoms with E-state index in [0.717, 1.165) is 0 Å². The Morgan fingerprint density at radius 2 is 2.04 bits per heavy atom. The van der Waals surface area contributed by atoms with Gasteiger partial charge < -0.3 is 5.73 Å². The van der Waals surface area contributed by atoms with Crippen molar-refractivity contribution in [2.45, 2.75) is 23.9 Å². The summed E-state index contributed by atoms with van der Waals surface area (Å²) in [5, 5.41) is 18.6. The molecule has 128 valence electrons. The number of non-ortho nitro benzene ring substituents is 1. The van der Waals surface area contributed by atoms with Crippen molar-refractivity contribution >= 4 is 15.7 Å². The summed E-state index contributed by atoms with van der Waals surface area (Å²) in [6.07, 6.45) is 2.33. The van der Waals surface area contributed by atoms with Crippen LogP contribution in [-0.4, -0.2) is 45.7 Å². The van der Waals surface area contributed by atoms with Crippen molar-refractivity contribution in [1.82, 2.24) is 19.3 Å². The monoisotopic (exact) mass is 352 g/mol. The summed E-state index contributed by atoms with van der Waals surface area (Å²) in [5.74, 6) is 0. The Morgan fingerprint density at radius 3 is 2.62 bits per heavy atom. The van der Waals surface area contributed by atoms with Crippen LogP contribution in [0.1, 0.15) is 18.2 Å². The van der Waals surface area contributed by atoms with Gasteiger partial charge in [-0.2, -0.15) is 4.31 Å². The van der Waals surface area contributed by atoms with Crippen molar-refractivity contribution in [1.29, 1.82) is 0 Å². The van der Waals surface area contributed by atoms with Crippen LogP contribution >= 0.6 is 0 Å². The van der Waals surface area contributed by atoms with E-state index in [1.165, 1.54) is 28.6 Å². The Bertz CT molecular complexity index is 848. The third-order valence-corrected chi connectivity index (χ3v) is 5.83. The molecule has 1 atom stereocenters. The van der Waals surface area contributed by atoms with E-state index < -0.39 is 14.9 Å². The van der Waals surface area contributed by atoms with Crippen LogP contribution in [0.5, 0.6) is 0 Å². The van der Waals surface area contributed by atoms with Crippen LogP contribution < -0.4 is 5.73 Å². The summed E-state index contributed by atoms with van der Waals surface area (Å²) in [6, 6.07) is 4.77. The first-order valence-corrected chi connectivity index (χ1v) is 8.71. The lowest BCUT2D eigenvalue weighted by atomic mass is 10.3. The van der Waals surface area contributed by atoms with Crippen molar-refractivity contribution in [3.05, 3.63) is 46.3 Å². The number of nitrogens with zero attached hydrogens (tertiary/aromatic N) is 5. The number of hydrogen-bond acceptors (Lipinski definition) is 7. The second kappa shape index (κ2) is 6.26. The van der Waals surface area contributed by atoms with Crippen LogP contribution in [0.2, 0.25) is 0 Å². The van der Waals surface area contributed by atoms with Crippen LogP contribution in [0.3, 0.4) is 0 Å². The third kappa shape index (κ3) is 3.00. The second-order valence-corrected chi connectivity index (χ2v) is 7.39. The van der Waals surface area contributed by atoms with Crippen LogP contribution in [0, 0.1) is 10.1 Å². The average Bonchev–Trinajstić information content (AvgIpc) is 3.24. The number of nitrogens with two attached hydrogens (primary N) is 1. The fourth-order valence-corrected chi connectivity index (χ4v) is 4.11. The molecule has 0 radical (unpaired) electrons. The predicted molar refractivity (Wildman–Crippen MR) is 83.4 cm³/mol. The number of nitro groups is 1. The number of aromatic nitrogens is 3. The highest BCUT2D eigenvalue weighted by Crippen LogP contribution is 2.27. The molecule has 1 aromatic carbocycles. The minimum atomic E-state index is -3.70. The summed E-state index contributed by atoms with van der Waals surface area (Å²) in [6.45, 7) is 0.895. The van der Waals surface area contributed by atoms with Gasteiger partial charge in [-0.25, -0.2) is 13.1 Å². The molecule has 2 heterocycles. The van der Waals surface area contributed by atoms with E-state index >= 15 is 0 Å². The Kier molecular flexibility index (Phi) is 4.30. The van der Waals surface area contributed by atoms with Crippen molar-refractivity contribution < 1.29 is 13.3 Å². The zero-order valence-corrected chi connectivity index (χ0v) is 13.5. The molecular weight excluding hydrogens is 336 g/mol. The summed E-state index contributed by atoms with van der Waals surface area (Å²) in [7, 11) is -3.70. The Morgan fingerprint density at radius 1 is 1.33 bits per heavy atom. The molecule has 10 nitrogen and oxygen atoms in total. The fraction of sp³-hybridized carbons (Fsp3) is 0.385. The van der Waals surface area contributed by atoms with Gasteiger partial charge in [0.05, 0.1) is 27.8 Å². The SMILES string of the molecule is NCc1cn(C2CCN(S(=O)(=O)c3ccc([N+](=O)[O-])cc3)C2)nn1. The smallest absolute Gasteiger partial charge is 0.269 e. The minimum absolute atomic E-state index is 0.0370. The molecule has 24 heavy (non-hydrogen) atoms. The van der Waals surface area contributed by atoms with Gasteiger partial charge in [-0.15, -0.1) is 5.10 Å². The number of sulfonamides is 1. The second-order valence-electron chi connectivity index (χ2n) is 5.45. The molecule has 11 heteroatoms. The summed E-state index contributed by atoms with van der Waals surface area (Å²) in [5.41, 5.74) is 5.99. The first-order chi connectivity index (χ1) is 11.4. The van der Waals surface area contributed by atoms with Crippen LogP contribution in [-0.2, 0) is 16.6 Å². The molecule has 1 saturated heterocycles. The summed E-state index contributed by atoms with van der Waals surface area (Å²) < 4.78 is 28.3. The van der Waals surface area contributed by atoms with E-state index in [1.54, 1.807) is 10.9 Å². The van der Waals surface area contributed by atoms with Crippen molar-refractivity contribution in [2.75, 3.05) is 13.1 Å². The van der Waals surface area contributed by atoms with Crippen molar-refractivity contribution in [3.63, 3.8) is 0 Å². The molecule has 0 bridgehead atoms. The molecule has 3 rings (SSSR count). The van der Waals surface area contributed by atoms with E-state index in [9.17, 15) is 18.5 Å². The normalized spacial score (nSPS) is 18.8. The molecule has 1 fully saturated rings. The summed E-state index contributed by atoms with van der Waals surface area (Å²) >= 11 is 0. The maximum absolute atomic E-state index is 12.6. The molecule has 1 aliphatic rings. The van der Waals surface area contributed by atoms with E-state index in [-0.39, 0.29) is 29.7 Å². The van der Waals surface area contributed by atoms with Gasteiger partial charge in [-0.05, 0) is 18.6 Å². The standard InChI is InChI=1S/C13H16N6O4S/c14-7-10-8-18(16-15-10)12-5-6-17(9-12)24(22,23)13-3-1-11(2-4-13)19(20)21/h1-4,8,12H,5-7,9,14H2. The molecule has 2 N–H and O–H groups in total. The molecule has 2 aromatic rings. The maximum Gasteiger partial charge on any atom is 0.269 e. The predicted octanol–water partition coefficient (Wildman–Crippen LogP) is 0.281.